The number of aliphatic hydroxyl groups is 1. The van der Waals surface area contributed by atoms with Crippen LogP contribution in [0.2, 0.25) is 0 Å². The molecule has 1 nitrogen and oxygen atoms in total. The molecule has 2 aliphatic carbocycles. The van der Waals surface area contributed by atoms with Crippen LogP contribution in [-0.2, 0) is 0 Å². The summed E-state index contributed by atoms with van der Waals surface area (Å²) in [5.74, 6) is -1.36. The van der Waals surface area contributed by atoms with Crippen LogP contribution in [0.25, 0.3) is 0 Å². The van der Waals surface area contributed by atoms with Crippen LogP contribution in [-0.4, -0.2) is 17.4 Å². The molecule has 4 heteroatoms. The summed E-state index contributed by atoms with van der Waals surface area (Å²) in [7, 11) is 0. The molecule has 0 aromatic carbocycles. The maximum atomic E-state index is 13.2. The van der Waals surface area contributed by atoms with Crippen molar-refractivity contribution in [1.82, 2.24) is 0 Å². The Morgan fingerprint density at radius 1 is 0.950 bits per heavy atom. The van der Waals surface area contributed by atoms with Gasteiger partial charge in [0.15, 0.2) is 0 Å². The first-order chi connectivity index (χ1) is 9.45. The first-order valence-electron chi connectivity index (χ1n) is 8.20. The van der Waals surface area contributed by atoms with Gasteiger partial charge in [-0.25, -0.2) is 0 Å². The Balaban J connectivity index is 2.10. The van der Waals surface area contributed by atoms with Crippen LogP contribution in [0.4, 0.5) is 13.2 Å². The van der Waals surface area contributed by atoms with Gasteiger partial charge < -0.3 is 5.11 Å². The van der Waals surface area contributed by atoms with E-state index >= 15 is 0 Å². The van der Waals surface area contributed by atoms with E-state index in [-0.39, 0.29) is 12.3 Å². The third-order valence-electron chi connectivity index (χ3n) is 5.61. The first-order valence-corrected chi connectivity index (χ1v) is 8.20. The van der Waals surface area contributed by atoms with Gasteiger partial charge in [0.05, 0.1) is 12.0 Å². The molecular weight excluding hydrogens is 265 g/mol. The summed E-state index contributed by atoms with van der Waals surface area (Å²) in [6.45, 7) is 2.10. The van der Waals surface area contributed by atoms with Gasteiger partial charge in [0, 0.05) is 0 Å². The molecule has 5 unspecified atom stereocenters. The van der Waals surface area contributed by atoms with Crippen LogP contribution < -0.4 is 0 Å². The van der Waals surface area contributed by atoms with Crippen LogP contribution in [0.15, 0.2) is 0 Å². The van der Waals surface area contributed by atoms with E-state index in [2.05, 4.69) is 6.92 Å². The maximum absolute atomic E-state index is 13.2. The quantitative estimate of drug-likeness (QED) is 0.781. The highest BCUT2D eigenvalue weighted by atomic mass is 19.4. The van der Waals surface area contributed by atoms with E-state index in [0.29, 0.717) is 18.8 Å². The van der Waals surface area contributed by atoms with Crippen LogP contribution in [0.1, 0.15) is 64.7 Å². The number of aliphatic hydroxyl groups excluding tert-OH is 1. The molecule has 0 amide bonds. The Morgan fingerprint density at radius 2 is 1.50 bits per heavy atom. The van der Waals surface area contributed by atoms with Crippen molar-refractivity contribution in [2.24, 2.45) is 23.7 Å². The molecule has 118 valence electrons. The largest absolute Gasteiger partial charge is 0.393 e. The Bertz CT molecular complexity index is 303. The molecule has 0 bridgehead atoms. The van der Waals surface area contributed by atoms with Gasteiger partial charge in [0.1, 0.15) is 0 Å². The van der Waals surface area contributed by atoms with E-state index in [9.17, 15) is 18.3 Å². The predicted octanol–water partition coefficient (Wildman–Crippen LogP) is 4.93. The van der Waals surface area contributed by atoms with E-state index in [0.717, 1.165) is 38.5 Å². The molecule has 2 rings (SSSR count). The van der Waals surface area contributed by atoms with Crippen molar-refractivity contribution in [2.45, 2.75) is 77.0 Å². The molecule has 2 saturated carbocycles. The fourth-order valence-corrected chi connectivity index (χ4v) is 4.49. The van der Waals surface area contributed by atoms with E-state index in [4.69, 9.17) is 0 Å². The normalized spacial score (nSPS) is 37.6. The third kappa shape index (κ3) is 3.49. The Labute approximate surface area is 119 Å². The van der Waals surface area contributed by atoms with Gasteiger partial charge in [0.2, 0.25) is 0 Å². The van der Waals surface area contributed by atoms with Gasteiger partial charge in [0.25, 0.3) is 0 Å². The van der Waals surface area contributed by atoms with Gasteiger partial charge in [-0.1, -0.05) is 45.4 Å². The SMILES string of the molecule is CCC1CCCCC1C(O)C1CCCCC1C(F)(F)F. The van der Waals surface area contributed by atoms with Crippen molar-refractivity contribution in [3.63, 3.8) is 0 Å². The molecule has 0 radical (unpaired) electrons. The van der Waals surface area contributed by atoms with Crippen molar-refractivity contribution in [3.8, 4) is 0 Å². The van der Waals surface area contributed by atoms with E-state index in [1.54, 1.807) is 0 Å². The molecule has 1 N–H and O–H groups in total. The third-order valence-corrected chi connectivity index (χ3v) is 5.61. The van der Waals surface area contributed by atoms with Crippen LogP contribution >= 0.6 is 0 Å². The zero-order chi connectivity index (χ0) is 14.8. The zero-order valence-corrected chi connectivity index (χ0v) is 12.3. The first kappa shape index (κ1) is 16.1. The number of rotatable bonds is 3. The van der Waals surface area contributed by atoms with Crippen molar-refractivity contribution >= 4 is 0 Å². The van der Waals surface area contributed by atoms with Crippen molar-refractivity contribution in [3.05, 3.63) is 0 Å². The molecule has 0 aromatic rings. The molecule has 2 aliphatic rings. The molecule has 2 fully saturated rings. The lowest BCUT2D eigenvalue weighted by Crippen LogP contribution is -2.44. The highest BCUT2D eigenvalue weighted by molar-refractivity contribution is 4.90. The zero-order valence-electron chi connectivity index (χ0n) is 12.3. The van der Waals surface area contributed by atoms with Gasteiger partial charge in [-0.3, -0.25) is 0 Å². The summed E-state index contributed by atoms with van der Waals surface area (Å²) in [5.41, 5.74) is 0. The lowest BCUT2D eigenvalue weighted by Gasteiger charge is -2.42. The smallest absolute Gasteiger partial charge is 0.392 e. The Hall–Kier alpha value is -0.250. The highest BCUT2D eigenvalue weighted by Crippen LogP contribution is 2.47. The van der Waals surface area contributed by atoms with Gasteiger partial charge >= 0.3 is 6.18 Å². The summed E-state index contributed by atoms with van der Waals surface area (Å²) in [6, 6.07) is 0. The number of halogens is 3. The fourth-order valence-electron chi connectivity index (χ4n) is 4.49. The minimum Gasteiger partial charge on any atom is -0.393 e. The second-order valence-corrected chi connectivity index (χ2v) is 6.70. The summed E-state index contributed by atoms with van der Waals surface area (Å²) in [6.07, 6.45) is 2.49. The summed E-state index contributed by atoms with van der Waals surface area (Å²) >= 11 is 0. The monoisotopic (exact) mass is 292 g/mol. The summed E-state index contributed by atoms with van der Waals surface area (Å²) < 4.78 is 39.6. The van der Waals surface area contributed by atoms with E-state index in [1.807, 2.05) is 0 Å². The summed E-state index contributed by atoms with van der Waals surface area (Å²) in [5, 5.41) is 10.6. The molecule has 0 spiro atoms. The number of alkyl halides is 3. The minimum atomic E-state index is -4.15. The molecule has 0 heterocycles. The Kier molecular flexibility index (Phi) is 5.38. The molecular formula is C16H27F3O. The average Bonchev–Trinajstić information content (AvgIpc) is 2.45. The lowest BCUT2D eigenvalue weighted by molar-refractivity contribution is -0.211. The van der Waals surface area contributed by atoms with Crippen LogP contribution in [0, 0.1) is 23.7 Å². The molecule has 0 saturated heterocycles. The second kappa shape index (κ2) is 6.67. The Morgan fingerprint density at radius 3 is 2.10 bits per heavy atom. The number of hydrogen-bond acceptors (Lipinski definition) is 1. The van der Waals surface area contributed by atoms with Crippen molar-refractivity contribution in [2.75, 3.05) is 0 Å². The van der Waals surface area contributed by atoms with E-state index < -0.39 is 24.1 Å². The molecule has 5 atom stereocenters. The van der Waals surface area contributed by atoms with Gasteiger partial charge in [-0.15, -0.1) is 0 Å². The maximum Gasteiger partial charge on any atom is 0.392 e. The number of hydrogen-bond donors (Lipinski definition) is 1. The molecule has 0 aromatic heterocycles. The minimum absolute atomic E-state index is 0.0849. The van der Waals surface area contributed by atoms with E-state index in [1.165, 1.54) is 0 Å². The lowest BCUT2D eigenvalue weighted by atomic mass is 9.66. The molecule has 0 aliphatic heterocycles. The predicted molar refractivity (Wildman–Crippen MR) is 73.2 cm³/mol. The van der Waals surface area contributed by atoms with Gasteiger partial charge in [-0.05, 0) is 37.0 Å². The van der Waals surface area contributed by atoms with Crippen molar-refractivity contribution in [1.29, 1.82) is 0 Å². The average molecular weight is 292 g/mol. The highest BCUT2D eigenvalue weighted by Gasteiger charge is 2.49. The van der Waals surface area contributed by atoms with Crippen molar-refractivity contribution < 1.29 is 18.3 Å². The van der Waals surface area contributed by atoms with Gasteiger partial charge in [-0.2, -0.15) is 13.2 Å². The topological polar surface area (TPSA) is 20.2 Å². The fraction of sp³-hybridized carbons (Fsp3) is 1.00. The second-order valence-electron chi connectivity index (χ2n) is 6.70. The molecule has 20 heavy (non-hydrogen) atoms. The van der Waals surface area contributed by atoms with Crippen LogP contribution in [0.3, 0.4) is 0 Å². The van der Waals surface area contributed by atoms with Crippen LogP contribution in [0.5, 0.6) is 0 Å². The standard InChI is InChI=1S/C16H27F3O/c1-2-11-7-3-4-8-12(11)15(20)13-9-5-6-10-14(13)16(17,18)19/h11-15,20H,2-10H2,1H3. The summed E-state index contributed by atoms with van der Waals surface area (Å²) in [4.78, 5) is 0.